The van der Waals surface area contributed by atoms with Crippen molar-refractivity contribution < 1.29 is 31.1 Å². The highest BCUT2D eigenvalue weighted by molar-refractivity contribution is 5.85. The summed E-state index contributed by atoms with van der Waals surface area (Å²) in [5, 5.41) is 6.80. The first-order chi connectivity index (χ1) is 13.0. The first-order valence-electron chi connectivity index (χ1n) is 7.98. The first kappa shape index (κ1) is 19.7. The molecule has 1 aromatic heterocycles. The van der Waals surface area contributed by atoms with Gasteiger partial charge < -0.3 is 5.32 Å². The van der Waals surface area contributed by atoms with Crippen LogP contribution in [0.3, 0.4) is 0 Å². The van der Waals surface area contributed by atoms with Crippen LogP contribution in [0.2, 0.25) is 0 Å². The Morgan fingerprint density at radius 1 is 0.964 bits per heavy atom. The molecule has 1 N–H and O–H groups in total. The highest BCUT2D eigenvalue weighted by atomic mass is 19.4. The van der Waals surface area contributed by atoms with Crippen molar-refractivity contribution in [2.24, 2.45) is 0 Å². The van der Waals surface area contributed by atoms with E-state index in [-0.39, 0.29) is 28.8 Å². The predicted molar refractivity (Wildman–Crippen MR) is 88.6 cm³/mol. The minimum absolute atomic E-state index is 0.124. The highest BCUT2D eigenvalue weighted by Crippen LogP contribution is 2.34. The van der Waals surface area contributed by atoms with Crippen LogP contribution in [-0.4, -0.2) is 15.7 Å². The van der Waals surface area contributed by atoms with Gasteiger partial charge in [-0.2, -0.15) is 31.4 Å². The van der Waals surface area contributed by atoms with Gasteiger partial charge in [0, 0.05) is 12.3 Å². The third-order valence-electron chi connectivity index (χ3n) is 4.03. The Bertz CT molecular complexity index is 1020. The summed E-state index contributed by atoms with van der Waals surface area (Å²) in [5.41, 5.74) is -1.07. The van der Waals surface area contributed by atoms with Crippen molar-refractivity contribution in [3.63, 3.8) is 0 Å². The molecule has 0 aliphatic rings. The molecule has 0 unspecified atom stereocenters. The number of hydrogen-bond acceptors (Lipinski definition) is 2. The smallest absolute Gasteiger partial charge is 0.351 e. The van der Waals surface area contributed by atoms with E-state index in [4.69, 9.17) is 0 Å². The van der Waals surface area contributed by atoms with Crippen molar-refractivity contribution in [3.05, 3.63) is 59.3 Å². The fourth-order valence-corrected chi connectivity index (χ4v) is 2.68. The zero-order valence-electron chi connectivity index (χ0n) is 14.3. The van der Waals surface area contributed by atoms with Gasteiger partial charge >= 0.3 is 12.4 Å². The minimum atomic E-state index is -4.57. The maximum Gasteiger partial charge on any atom is 0.416 e. The maximum absolute atomic E-state index is 13.0. The van der Waals surface area contributed by atoms with Crippen LogP contribution in [0.5, 0.6) is 0 Å². The molecule has 10 heteroatoms. The van der Waals surface area contributed by atoms with Crippen molar-refractivity contribution in [1.82, 2.24) is 15.1 Å². The second-order valence-electron chi connectivity index (χ2n) is 6.04. The van der Waals surface area contributed by atoms with E-state index in [0.29, 0.717) is 0 Å². The number of amides is 1. The summed E-state index contributed by atoms with van der Waals surface area (Å²) in [7, 11) is 0. The third kappa shape index (κ3) is 3.95. The summed E-state index contributed by atoms with van der Waals surface area (Å²) in [6.07, 6.45) is -9.08. The summed E-state index contributed by atoms with van der Waals surface area (Å²) in [6, 6.07) is 7.04. The number of halogens is 6. The zero-order valence-corrected chi connectivity index (χ0v) is 14.3. The van der Waals surface area contributed by atoms with Crippen molar-refractivity contribution in [2.75, 3.05) is 0 Å². The Morgan fingerprint density at radius 2 is 1.54 bits per heavy atom. The molecule has 3 rings (SSSR count). The lowest BCUT2D eigenvalue weighted by atomic mass is 10.1. The van der Waals surface area contributed by atoms with Gasteiger partial charge in [-0.1, -0.05) is 0 Å². The van der Waals surface area contributed by atoms with Gasteiger partial charge in [-0.3, -0.25) is 4.79 Å². The molecule has 0 aliphatic heterocycles. The van der Waals surface area contributed by atoms with E-state index in [9.17, 15) is 31.1 Å². The fraction of sp³-hybridized carbons (Fsp3) is 0.222. The molecule has 3 aromatic rings. The SMILES string of the molecule is CC(=O)NCc1nn(-c2ccc(C(F)(F)F)cc2)c2ccc(C(F)(F)F)cc12. The Morgan fingerprint density at radius 3 is 2.07 bits per heavy atom. The van der Waals surface area contributed by atoms with Crippen molar-refractivity contribution in [1.29, 1.82) is 0 Å². The zero-order chi connectivity index (χ0) is 20.7. The quantitative estimate of drug-likeness (QED) is 0.647. The normalized spacial score (nSPS) is 12.4. The number of carbonyl (C=O) groups is 1. The average Bonchev–Trinajstić information content (AvgIpc) is 2.96. The summed E-state index contributed by atoms with van der Waals surface area (Å²) in [4.78, 5) is 11.2. The molecule has 0 atom stereocenters. The number of carbonyl (C=O) groups excluding carboxylic acids is 1. The first-order valence-corrected chi connectivity index (χ1v) is 7.98. The number of rotatable bonds is 3. The predicted octanol–water partition coefficient (Wildman–Crippen LogP) is 4.70. The molecule has 0 fully saturated rings. The number of hydrogen-bond donors (Lipinski definition) is 1. The molecule has 28 heavy (non-hydrogen) atoms. The van der Waals surface area contributed by atoms with Gasteiger partial charge in [0.05, 0.1) is 34.6 Å². The molecule has 0 radical (unpaired) electrons. The minimum Gasteiger partial charge on any atom is -0.351 e. The van der Waals surface area contributed by atoms with E-state index >= 15 is 0 Å². The summed E-state index contributed by atoms with van der Waals surface area (Å²) >= 11 is 0. The van der Waals surface area contributed by atoms with E-state index in [0.717, 1.165) is 24.3 Å². The monoisotopic (exact) mass is 401 g/mol. The number of nitrogens with zero attached hydrogens (tertiary/aromatic N) is 2. The molecular formula is C18H13F6N3O. The van der Waals surface area contributed by atoms with Gasteiger partial charge in [0.15, 0.2) is 0 Å². The Labute approximate surface area is 154 Å². The fourth-order valence-electron chi connectivity index (χ4n) is 2.68. The maximum atomic E-state index is 13.0. The van der Waals surface area contributed by atoms with Crippen molar-refractivity contribution in [3.8, 4) is 5.69 Å². The highest BCUT2D eigenvalue weighted by Gasteiger charge is 2.32. The lowest BCUT2D eigenvalue weighted by Gasteiger charge is -2.09. The van der Waals surface area contributed by atoms with Gasteiger partial charge in [0.1, 0.15) is 0 Å². The van der Waals surface area contributed by atoms with E-state index in [2.05, 4.69) is 10.4 Å². The summed E-state index contributed by atoms with van der Waals surface area (Å²) < 4.78 is 78.6. The van der Waals surface area contributed by atoms with Gasteiger partial charge in [-0.05, 0) is 42.5 Å². The van der Waals surface area contributed by atoms with Gasteiger partial charge in [0.2, 0.25) is 5.91 Å². The van der Waals surface area contributed by atoms with Crippen LogP contribution < -0.4 is 5.32 Å². The van der Waals surface area contributed by atoms with E-state index in [1.807, 2.05) is 0 Å². The molecule has 0 aliphatic carbocycles. The topological polar surface area (TPSA) is 46.9 Å². The van der Waals surface area contributed by atoms with Crippen molar-refractivity contribution in [2.45, 2.75) is 25.8 Å². The Kier molecular flexibility index (Phi) is 4.82. The summed E-state index contributed by atoms with van der Waals surface area (Å²) in [6.45, 7) is 1.12. The van der Waals surface area contributed by atoms with Crippen LogP contribution >= 0.6 is 0 Å². The molecule has 0 bridgehead atoms. The van der Waals surface area contributed by atoms with E-state index in [1.165, 1.54) is 29.8 Å². The van der Waals surface area contributed by atoms with Crippen LogP contribution in [0.4, 0.5) is 26.3 Å². The second-order valence-corrected chi connectivity index (χ2v) is 6.04. The van der Waals surface area contributed by atoms with Crippen LogP contribution in [-0.2, 0) is 23.7 Å². The lowest BCUT2D eigenvalue weighted by Crippen LogP contribution is -2.19. The van der Waals surface area contributed by atoms with Gasteiger partial charge in [-0.15, -0.1) is 0 Å². The van der Waals surface area contributed by atoms with E-state index in [1.54, 1.807) is 0 Å². The third-order valence-corrected chi connectivity index (χ3v) is 4.03. The number of aromatic nitrogens is 2. The summed E-state index contributed by atoms with van der Waals surface area (Å²) in [5.74, 6) is -0.399. The molecule has 1 heterocycles. The van der Waals surface area contributed by atoms with Crippen molar-refractivity contribution >= 4 is 16.8 Å². The van der Waals surface area contributed by atoms with Gasteiger partial charge in [-0.25, -0.2) is 4.68 Å². The standard InChI is InChI=1S/C18H13F6N3O/c1-10(28)25-9-15-14-8-12(18(22,23)24)4-7-16(14)27(26-15)13-5-2-11(3-6-13)17(19,20)21/h2-8H,9H2,1H3,(H,25,28). The molecular weight excluding hydrogens is 388 g/mol. The number of fused-ring (bicyclic) bond motifs is 1. The molecule has 4 nitrogen and oxygen atoms in total. The van der Waals surface area contributed by atoms with Crippen LogP contribution in [0, 0.1) is 0 Å². The molecule has 1 amide bonds. The number of alkyl halides is 6. The van der Waals surface area contributed by atoms with Crippen LogP contribution in [0.15, 0.2) is 42.5 Å². The molecule has 0 saturated heterocycles. The lowest BCUT2D eigenvalue weighted by molar-refractivity contribution is -0.138. The van der Waals surface area contributed by atoms with Gasteiger partial charge in [0.25, 0.3) is 0 Å². The molecule has 2 aromatic carbocycles. The molecule has 0 spiro atoms. The molecule has 0 saturated carbocycles. The second kappa shape index (κ2) is 6.84. The Hall–Kier alpha value is -3.04. The van der Waals surface area contributed by atoms with Crippen LogP contribution in [0.25, 0.3) is 16.6 Å². The van der Waals surface area contributed by atoms with E-state index < -0.39 is 29.4 Å². The largest absolute Gasteiger partial charge is 0.416 e. The number of nitrogens with one attached hydrogen (secondary N) is 1. The average molecular weight is 401 g/mol. The number of benzene rings is 2. The van der Waals surface area contributed by atoms with Crippen LogP contribution in [0.1, 0.15) is 23.7 Å². The Balaban J connectivity index is 2.13. The molecule has 148 valence electrons.